The van der Waals surface area contributed by atoms with Gasteiger partial charge in [0.1, 0.15) is 0 Å². The maximum absolute atomic E-state index is 11.9. The van der Waals surface area contributed by atoms with E-state index in [-0.39, 0.29) is 5.56 Å². The number of aromatic nitrogens is 3. The van der Waals surface area contributed by atoms with Crippen molar-refractivity contribution in [1.82, 2.24) is 25.4 Å². The number of rotatable bonds is 5. The van der Waals surface area contributed by atoms with Gasteiger partial charge in [0.2, 0.25) is 0 Å². The molecule has 2 heterocycles. The predicted octanol–water partition coefficient (Wildman–Crippen LogP) is 0.887. The van der Waals surface area contributed by atoms with Crippen LogP contribution < -0.4 is 10.6 Å². The highest BCUT2D eigenvalue weighted by molar-refractivity contribution is 5.96. The van der Waals surface area contributed by atoms with Crippen LogP contribution in [0.1, 0.15) is 28.7 Å². The van der Waals surface area contributed by atoms with Crippen molar-refractivity contribution in [3.05, 3.63) is 41.3 Å². The first kappa shape index (κ1) is 18.1. The van der Waals surface area contributed by atoms with Gasteiger partial charge in [0.05, 0.1) is 11.3 Å². The molecule has 0 aliphatic heterocycles. The fraction of sp³-hybridized carbons (Fsp3) is 0.312. The van der Waals surface area contributed by atoms with E-state index in [0.29, 0.717) is 12.4 Å². The van der Waals surface area contributed by atoms with Crippen LogP contribution in [0.4, 0.5) is 4.79 Å². The zero-order chi connectivity index (χ0) is 18.4. The van der Waals surface area contributed by atoms with Crippen LogP contribution in [0, 0.1) is 13.8 Å². The molecule has 0 saturated heterocycles. The van der Waals surface area contributed by atoms with Crippen molar-refractivity contribution in [1.29, 1.82) is 0 Å². The standard InChI is InChI=1S/C16H19N5O4/c1-4-17-16(24)19-14(22)9-25-15(23)12-5-6-13(18-8-12)21-11(3)7-10(2)20-21/h5-8H,4,9H2,1-3H3,(H2,17,19,22,24). The van der Waals surface area contributed by atoms with Crippen molar-refractivity contribution < 1.29 is 19.1 Å². The van der Waals surface area contributed by atoms with Gasteiger partial charge in [0.25, 0.3) is 5.91 Å². The second kappa shape index (κ2) is 8.04. The number of nitrogens with zero attached hydrogens (tertiary/aromatic N) is 3. The molecule has 0 bridgehead atoms. The first-order chi connectivity index (χ1) is 11.9. The van der Waals surface area contributed by atoms with Crippen LogP contribution in [-0.2, 0) is 9.53 Å². The van der Waals surface area contributed by atoms with Gasteiger partial charge in [-0.3, -0.25) is 10.1 Å². The summed E-state index contributed by atoms with van der Waals surface area (Å²) in [6.45, 7) is 5.31. The average Bonchev–Trinajstić information content (AvgIpc) is 2.91. The summed E-state index contributed by atoms with van der Waals surface area (Å²) in [5.74, 6) is -0.860. The van der Waals surface area contributed by atoms with E-state index in [1.165, 1.54) is 12.3 Å². The molecule has 0 radical (unpaired) electrons. The smallest absolute Gasteiger partial charge is 0.340 e. The molecule has 132 valence electrons. The van der Waals surface area contributed by atoms with E-state index in [9.17, 15) is 14.4 Å². The Bertz CT molecular complexity index is 782. The van der Waals surface area contributed by atoms with E-state index < -0.39 is 24.5 Å². The summed E-state index contributed by atoms with van der Waals surface area (Å²) < 4.78 is 6.51. The summed E-state index contributed by atoms with van der Waals surface area (Å²) in [6.07, 6.45) is 1.34. The van der Waals surface area contributed by atoms with Gasteiger partial charge in [-0.25, -0.2) is 19.3 Å². The lowest BCUT2D eigenvalue weighted by Gasteiger charge is -2.07. The fourth-order valence-electron chi connectivity index (χ4n) is 2.07. The second-order valence-electron chi connectivity index (χ2n) is 5.23. The van der Waals surface area contributed by atoms with Crippen LogP contribution in [0.15, 0.2) is 24.4 Å². The topological polar surface area (TPSA) is 115 Å². The lowest BCUT2D eigenvalue weighted by molar-refractivity contribution is -0.123. The molecule has 0 spiro atoms. The first-order valence-corrected chi connectivity index (χ1v) is 7.65. The molecule has 0 atom stereocenters. The molecule has 3 amide bonds. The Balaban J connectivity index is 1.93. The quantitative estimate of drug-likeness (QED) is 0.778. The van der Waals surface area contributed by atoms with E-state index in [2.05, 4.69) is 15.4 Å². The molecule has 2 N–H and O–H groups in total. The zero-order valence-electron chi connectivity index (χ0n) is 14.2. The van der Waals surface area contributed by atoms with E-state index in [0.717, 1.165) is 11.4 Å². The molecule has 9 heteroatoms. The molecule has 25 heavy (non-hydrogen) atoms. The van der Waals surface area contributed by atoms with Gasteiger partial charge in [0.15, 0.2) is 12.4 Å². The van der Waals surface area contributed by atoms with E-state index in [4.69, 9.17) is 4.74 Å². The number of carbonyl (C=O) groups is 3. The summed E-state index contributed by atoms with van der Waals surface area (Å²) in [6, 6.07) is 4.43. The number of amides is 3. The van der Waals surface area contributed by atoms with Crippen molar-refractivity contribution in [2.45, 2.75) is 20.8 Å². The fourth-order valence-corrected chi connectivity index (χ4v) is 2.07. The third-order valence-corrected chi connectivity index (χ3v) is 3.13. The van der Waals surface area contributed by atoms with Crippen LogP contribution in [0.3, 0.4) is 0 Å². The van der Waals surface area contributed by atoms with Crippen LogP contribution in [0.2, 0.25) is 0 Å². The number of aryl methyl sites for hydroxylation is 2. The summed E-state index contributed by atoms with van der Waals surface area (Å²) >= 11 is 0. The van der Waals surface area contributed by atoms with Gasteiger partial charge in [-0.1, -0.05) is 0 Å². The molecule has 2 aromatic rings. The summed E-state index contributed by atoms with van der Waals surface area (Å²) in [5.41, 5.74) is 1.97. The Morgan fingerprint density at radius 2 is 2.00 bits per heavy atom. The average molecular weight is 345 g/mol. The minimum absolute atomic E-state index is 0.191. The maximum atomic E-state index is 11.9. The number of urea groups is 1. The number of carbonyl (C=O) groups excluding carboxylic acids is 3. The van der Waals surface area contributed by atoms with Crippen molar-refractivity contribution in [2.75, 3.05) is 13.2 Å². The molecular weight excluding hydrogens is 326 g/mol. The molecular formula is C16H19N5O4. The van der Waals surface area contributed by atoms with Gasteiger partial charge in [-0.2, -0.15) is 5.10 Å². The monoisotopic (exact) mass is 345 g/mol. The second-order valence-corrected chi connectivity index (χ2v) is 5.23. The van der Waals surface area contributed by atoms with Crippen molar-refractivity contribution in [3.8, 4) is 5.82 Å². The van der Waals surface area contributed by atoms with Gasteiger partial charge in [0, 0.05) is 18.4 Å². The third-order valence-electron chi connectivity index (χ3n) is 3.13. The van der Waals surface area contributed by atoms with Crippen LogP contribution >= 0.6 is 0 Å². The van der Waals surface area contributed by atoms with Crippen LogP contribution in [-0.4, -0.2) is 45.8 Å². The van der Waals surface area contributed by atoms with Gasteiger partial charge >= 0.3 is 12.0 Å². The van der Waals surface area contributed by atoms with Crippen LogP contribution in [0.25, 0.3) is 5.82 Å². The molecule has 0 aromatic carbocycles. The Morgan fingerprint density at radius 1 is 1.24 bits per heavy atom. The normalized spacial score (nSPS) is 10.2. The highest BCUT2D eigenvalue weighted by Crippen LogP contribution is 2.10. The number of esters is 1. The highest BCUT2D eigenvalue weighted by Gasteiger charge is 2.13. The zero-order valence-corrected chi connectivity index (χ0v) is 14.2. The molecule has 0 fully saturated rings. The lowest BCUT2D eigenvalue weighted by Crippen LogP contribution is -2.41. The summed E-state index contributed by atoms with van der Waals surface area (Å²) in [4.78, 5) is 38.7. The lowest BCUT2D eigenvalue weighted by atomic mass is 10.3. The summed E-state index contributed by atoms with van der Waals surface area (Å²) in [7, 11) is 0. The van der Waals surface area contributed by atoms with Gasteiger partial charge < -0.3 is 10.1 Å². The number of hydrogen-bond acceptors (Lipinski definition) is 6. The molecule has 0 aliphatic rings. The molecule has 9 nitrogen and oxygen atoms in total. The Labute approximate surface area is 144 Å². The number of pyridine rings is 1. The van der Waals surface area contributed by atoms with Crippen molar-refractivity contribution in [2.24, 2.45) is 0 Å². The molecule has 2 rings (SSSR count). The number of nitrogens with one attached hydrogen (secondary N) is 2. The van der Waals surface area contributed by atoms with E-state index in [1.807, 2.05) is 25.2 Å². The highest BCUT2D eigenvalue weighted by atomic mass is 16.5. The predicted molar refractivity (Wildman–Crippen MR) is 88.3 cm³/mol. The number of imide groups is 1. The minimum Gasteiger partial charge on any atom is -0.452 e. The van der Waals surface area contributed by atoms with E-state index >= 15 is 0 Å². The Morgan fingerprint density at radius 3 is 2.56 bits per heavy atom. The Kier molecular flexibility index (Phi) is 5.83. The molecule has 0 aliphatic carbocycles. The maximum Gasteiger partial charge on any atom is 0.340 e. The number of ether oxygens (including phenoxy) is 1. The third kappa shape index (κ3) is 4.87. The minimum atomic E-state index is -0.716. The molecule has 0 unspecified atom stereocenters. The SMILES string of the molecule is CCNC(=O)NC(=O)COC(=O)c1ccc(-n2nc(C)cc2C)nc1. The van der Waals surface area contributed by atoms with Crippen LogP contribution in [0.5, 0.6) is 0 Å². The Hall–Kier alpha value is -3.23. The summed E-state index contributed by atoms with van der Waals surface area (Å²) in [5, 5.41) is 8.73. The number of hydrogen-bond donors (Lipinski definition) is 2. The molecule has 0 saturated carbocycles. The van der Waals surface area contributed by atoms with Gasteiger partial charge in [-0.15, -0.1) is 0 Å². The first-order valence-electron chi connectivity index (χ1n) is 7.65. The molecule has 2 aromatic heterocycles. The van der Waals surface area contributed by atoms with Crippen molar-refractivity contribution in [3.63, 3.8) is 0 Å². The largest absolute Gasteiger partial charge is 0.452 e. The van der Waals surface area contributed by atoms with Gasteiger partial charge in [-0.05, 0) is 39.0 Å². The van der Waals surface area contributed by atoms with E-state index in [1.54, 1.807) is 17.7 Å². The van der Waals surface area contributed by atoms with Crippen molar-refractivity contribution >= 4 is 17.9 Å².